The lowest BCUT2D eigenvalue weighted by Gasteiger charge is -2.29. The molecule has 3 heterocycles. The van der Waals surface area contributed by atoms with Crippen LogP contribution < -0.4 is 15.4 Å². The summed E-state index contributed by atoms with van der Waals surface area (Å²) in [5, 5.41) is 10.9. The molecule has 1 aliphatic heterocycles. The molecular formula is C26H28N6O2. The Labute approximate surface area is 198 Å². The number of amides is 1. The van der Waals surface area contributed by atoms with E-state index in [0.29, 0.717) is 11.5 Å². The number of likely N-dealkylation sites (tertiary alicyclic amines) is 1. The first-order valence-corrected chi connectivity index (χ1v) is 11.5. The number of methoxy groups -OCH3 is 1. The van der Waals surface area contributed by atoms with Gasteiger partial charge in [-0.15, -0.1) is 5.10 Å². The first-order valence-electron chi connectivity index (χ1n) is 11.5. The van der Waals surface area contributed by atoms with Crippen molar-refractivity contribution in [3.63, 3.8) is 0 Å². The molecule has 0 bridgehead atoms. The predicted molar refractivity (Wildman–Crippen MR) is 133 cm³/mol. The standard InChI is InChI=1S/C26H28N6O2/c1-31-15-12-21(13-16-31)27-25(33)18-8-10-20(11-9-18)28-26-29-24-23(7-4-14-32(24)30-26)19-5-3-6-22(17-19)34-2/h3-11,14,17,21H,12-13,15-16H2,1-2H3,(H,27,33)(H,28,30). The van der Waals surface area contributed by atoms with E-state index >= 15 is 0 Å². The Hall–Kier alpha value is -3.91. The highest BCUT2D eigenvalue weighted by molar-refractivity contribution is 5.94. The van der Waals surface area contributed by atoms with E-state index in [1.807, 2.05) is 66.9 Å². The number of fused-ring (bicyclic) bond motifs is 1. The van der Waals surface area contributed by atoms with Crippen LogP contribution in [0.1, 0.15) is 23.2 Å². The Balaban J connectivity index is 1.30. The maximum absolute atomic E-state index is 12.6. The van der Waals surface area contributed by atoms with Crippen LogP contribution in [0.5, 0.6) is 5.75 Å². The zero-order valence-corrected chi connectivity index (χ0v) is 19.4. The van der Waals surface area contributed by atoms with Crippen molar-refractivity contribution in [2.24, 2.45) is 0 Å². The second-order valence-corrected chi connectivity index (χ2v) is 8.61. The van der Waals surface area contributed by atoms with Gasteiger partial charge in [-0.1, -0.05) is 12.1 Å². The van der Waals surface area contributed by atoms with Crippen LogP contribution in [0.3, 0.4) is 0 Å². The minimum Gasteiger partial charge on any atom is -0.497 e. The molecule has 1 saturated heterocycles. The Morgan fingerprint density at radius 1 is 1.06 bits per heavy atom. The molecule has 0 saturated carbocycles. The number of piperidine rings is 1. The summed E-state index contributed by atoms with van der Waals surface area (Å²) in [6.45, 7) is 2.03. The highest BCUT2D eigenvalue weighted by atomic mass is 16.5. The summed E-state index contributed by atoms with van der Waals surface area (Å²) in [6.07, 6.45) is 3.84. The summed E-state index contributed by atoms with van der Waals surface area (Å²) in [6, 6.07) is 19.5. The molecule has 0 spiro atoms. The van der Waals surface area contributed by atoms with Crippen LogP contribution in [0.2, 0.25) is 0 Å². The van der Waals surface area contributed by atoms with Gasteiger partial charge in [0.25, 0.3) is 5.91 Å². The van der Waals surface area contributed by atoms with Gasteiger partial charge in [-0.25, -0.2) is 4.52 Å². The van der Waals surface area contributed by atoms with E-state index < -0.39 is 0 Å². The second kappa shape index (κ2) is 9.52. The molecule has 2 N–H and O–H groups in total. The molecule has 34 heavy (non-hydrogen) atoms. The van der Waals surface area contributed by atoms with Gasteiger partial charge in [0.2, 0.25) is 5.95 Å². The average molecular weight is 457 g/mol. The number of hydrogen-bond donors (Lipinski definition) is 2. The number of carbonyl (C=O) groups excluding carboxylic acids is 1. The van der Waals surface area contributed by atoms with E-state index in [0.717, 1.165) is 54.1 Å². The first-order chi connectivity index (χ1) is 16.6. The quantitative estimate of drug-likeness (QED) is 0.457. The predicted octanol–water partition coefficient (Wildman–Crippen LogP) is 3.97. The molecule has 2 aromatic heterocycles. The fourth-order valence-electron chi connectivity index (χ4n) is 4.23. The molecule has 0 unspecified atom stereocenters. The van der Waals surface area contributed by atoms with Crippen molar-refractivity contribution < 1.29 is 9.53 Å². The van der Waals surface area contributed by atoms with Gasteiger partial charge in [0.15, 0.2) is 5.65 Å². The summed E-state index contributed by atoms with van der Waals surface area (Å²) in [4.78, 5) is 19.6. The maximum Gasteiger partial charge on any atom is 0.251 e. The number of anilines is 2. The van der Waals surface area contributed by atoms with Gasteiger partial charge in [-0.05, 0) is 87.1 Å². The molecule has 8 heteroatoms. The fourth-order valence-corrected chi connectivity index (χ4v) is 4.23. The minimum absolute atomic E-state index is 0.0325. The lowest BCUT2D eigenvalue weighted by molar-refractivity contribution is 0.0917. The van der Waals surface area contributed by atoms with Crippen molar-refractivity contribution in [3.05, 3.63) is 72.4 Å². The van der Waals surface area contributed by atoms with Crippen molar-refractivity contribution in [3.8, 4) is 16.9 Å². The molecule has 5 rings (SSSR count). The van der Waals surface area contributed by atoms with Crippen molar-refractivity contribution in [2.45, 2.75) is 18.9 Å². The fraction of sp³-hybridized carbons (Fsp3) is 0.269. The maximum atomic E-state index is 12.6. The third kappa shape index (κ3) is 4.72. The van der Waals surface area contributed by atoms with E-state index in [4.69, 9.17) is 9.72 Å². The van der Waals surface area contributed by atoms with Crippen LogP contribution in [0.15, 0.2) is 66.9 Å². The van der Waals surface area contributed by atoms with Gasteiger partial charge in [0.1, 0.15) is 5.75 Å². The largest absolute Gasteiger partial charge is 0.497 e. The topological polar surface area (TPSA) is 83.8 Å². The number of aromatic nitrogens is 3. The lowest BCUT2D eigenvalue weighted by atomic mass is 10.0. The van der Waals surface area contributed by atoms with Gasteiger partial charge in [-0.2, -0.15) is 4.98 Å². The Morgan fingerprint density at radius 3 is 2.62 bits per heavy atom. The highest BCUT2D eigenvalue weighted by Crippen LogP contribution is 2.27. The number of hydrogen-bond acceptors (Lipinski definition) is 6. The summed E-state index contributed by atoms with van der Waals surface area (Å²) in [5.41, 5.74) is 4.17. The first kappa shape index (κ1) is 21.9. The van der Waals surface area contributed by atoms with Crippen LogP contribution in [0.25, 0.3) is 16.8 Å². The smallest absolute Gasteiger partial charge is 0.251 e. The molecule has 1 aliphatic rings. The van der Waals surface area contributed by atoms with Crippen molar-refractivity contribution in [1.82, 2.24) is 24.8 Å². The van der Waals surface area contributed by atoms with Crippen molar-refractivity contribution >= 4 is 23.2 Å². The van der Waals surface area contributed by atoms with Crippen LogP contribution in [-0.2, 0) is 0 Å². The molecule has 0 aliphatic carbocycles. The van der Waals surface area contributed by atoms with E-state index in [9.17, 15) is 4.79 Å². The highest BCUT2D eigenvalue weighted by Gasteiger charge is 2.19. The van der Waals surface area contributed by atoms with Crippen LogP contribution in [-0.4, -0.2) is 58.7 Å². The van der Waals surface area contributed by atoms with E-state index in [1.165, 1.54) is 0 Å². The number of nitrogens with one attached hydrogen (secondary N) is 2. The van der Waals surface area contributed by atoms with Gasteiger partial charge < -0.3 is 20.3 Å². The van der Waals surface area contributed by atoms with Crippen molar-refractivity contribution in [2.75, 3.05) is 32.6 Å². The van der Waals surface area contributed by atoms with E-state index in [2.05, 4.69) is 27.7 Å². The minimum atomic E-state index is -0.0325. The summed E-state index contributed by atoms with van der Waals surface area (Å²) >= 11 is 0. The lowest BCUT2D eigenvalue weighted by Crippen LogP contribution is -2.43. The third-order valence-corrected chi connectivity index (χ3v) is 6.20. The summed E-state index contributed by atoms with van der Waals surface area (Å²) in [5.74, 6) is 1.24. The van der Waals surface area contributed by atoms with Crippen molar-refractivity contribution in [1.29, 1.82) is 0 Å². The Kier molecular flexibility index (Phi) is 6.14. The molecule has 174 valence electrons. The average Bonchev–Trinajstić information content (AvgIpc) is 3.28. The zero-order valence-electron chi connectivity index (χ0n) is 19.4. The van der Waals surface area contributed by atoms with Gasteiger partial charge in [-0.3, -0.25) is 4.79 Å². The Morgan fingerprint density at radius 2 is 1.85 bits per heavy atom. The number of benzene rings is 2. The summed E-state index contributed by atoms with van der Waals surface area (Å²) < 4.78 is 7.11. The number of pyridine rings is 1. The third-order valence-electron chi connectivity index (χ3n) is 6.20. The molecule has 0 radical (unpaired) electrons. The normalized spacial score (nSPS) is 14.8. The SMILES string of the molecule is COc1cccc(-c2cccn3nc(Nc4ccc(C(=O)NC5CCN(C)CC5)cc4)nc23)c1. The zero-order chi connectivity index (χ0) is 23.5. The number of carbonyl (C=O) groups is 1. The second-order valence-electron chi connectivity index (χ2n) is 8.61. The van der Waals surface area contributed by atoms with Gasteiger partial charge in [0, 0.05) is 29.1 Å². The van der Waals surface area contributed by atoms with Gasteiger partial charge in [0.05, 0.1) is 7.11 Å². The summed E-state index contributed by atoms with van der Waals surface area (Å²) in [7, 11) is 3.77. The number of ether oxygens (including phenoxy) is 1. The Bertz CT molecular complexity index is 1290. The van der Waals surface area contributed by atoms with Crippen LogP contribution in [0, 0.1) is 0 Å². The monoisotopic (exact) mass is 456 g/mol. The molecule has 8 nitrogen and oxygen atoms in total. The van der Waals surface area contributed by atoms with E-state index in [-0.39, 0.29) is 11.9 Å². The molecule has 2 aromatic carbocycles. The number of nitrogens with zero attached hydrogens (tertiary/aromatic N) is 4. The molecule has 0 atom stereocenters. The van der Waals surface area contributed by atoms with Gasteiger partial charge >= 0.3 is 0 Å². The molecule has 1 amide bonds. The van der Waals surface area contributed by atoms with E-state index in [1.54, 1.807) is 11.6 Å². The van der Waals surface area contributed by atoms with Crippen LogP contribution in [0.4, 0.5) is 11.6 Å². The molecular weight excluding hydrogens is 428 g/mol. The number of rotatable bonds is 6. The molecule has 4 aromatic rings. The molecule has 1 fully saturated rings. The van der Waals surface area contributed by atoms with Crippen LogP contribution >= 0.6 is 0 Å².